The molecule has 7 heteroatoms. The van der Waals surface area contributed by atoms with Crippen LogP contribution in [0.5, 0.6) is 0 Å². The molecule has 0 aliphatic heterocycles. The third-order valence-corrected chi connectivity index (χ3v) is 6.82. The van der Waals surface area contributed by atoms with Crippen molar-refractivity contribution in [3.05, 3.63) is 126 Å². The molecule has 0 bridgehead atoms. The smallest absolute Gasteiger partial charge is 0.256 e. The monoisotopic (exact) mass is 492 g/mol. The number of nitrogens with zero attached hydrogens (tertiary/aromatic N) is 2. The van der Waals surface area contributed by atoms with Crippen molar-refractivity contribution < 1.29 is 9.59 Å². The van der Waals surface area contributed by atoms with Gasteiger partial charge in [-0.25, -0.2) is 4.98 Å². The minimum Gasteiger partial charge on any atom is -0.322 e. The number of carbonyl (C=O) groups excluding carboxylic acids is 2. The van der Waals surface area contributed by atoms with Gasteiger partial charge in [0.1, 0.15) is 5.65 Å². The molecule has 0 radical (unpaired) electrons. The summed E-state index contributed by atoms with van der Waals surface area (Å²) in [7, 11) is 0. The summed E-state index contributed by atoms with van der Waals surface area (Å²) in [6, 6.07) is 28.0. The summed E-state index contributed by atoms with van der Waals surface area (Å²) in [6.07, 6.45) is 4.01. The number of amides is 2. The van der Waals surface area contributed by atoms with E-state index >= 15 is 0 Å². The molecule has 3 aromatic carbocycles. The van der Waals surface area contributed by atoms with Crippen molar-refractivity contribution in [2.24, 2.45) is 0 Å². The Kier molecular flexibility index (Phi) is 6.82. The highest BCUT2D eigenvalue weighted by molar-refractivity contribution is 7.98. The van der Waals surface area contributed by atoms with E-state index in [9.17, 15) is 9.59 Å². The summed E-state index contributed by atoms with van der Waals surface area (Å²) in [5.41, 5.74) is 5.01. The largest absolute Gasteiger partial charge is 0.322 e. The Morgan fingerprint density at radius 2 is 1.61 bits per heavy atom. The molecule has 0 unspecified atom stereocenters. The molecule has 2 heterocycles. The van der Waals surface area contributed by atoms with Crippen LogP contribution in [0, 0.1) is 6.92 Å². The minimum atomic E-state index is -0.226. The zero-order chi connectivity index (χ0) is 24.9. The number of carbonyl (C=O) groups is 2. The van der Waals surface area contributed by atoms with Gasteiger partial charge in [-0.3, -0.25) is 9.59 Å². The third kappa shape index (κ3) is 5.31. The molecule has 6 nitrogen and oxygen atoms in total. The van der Waals surface area contributed by atoms with E-state index in [4.69, 9.17) is 0 Å². The zero-order valence-corrected chi connectivity index (χ0v) is 20.5. The van der Waals surface area contributed by atoms with Gasteiger partial charge in [-0.05, 0) is 73.2 Å². The first-order chi connectivity index (χ1) is 17.6. The maximum Gasteiger partial charge on any atom is 0.256 e. The number of rotatable bonds is 7. The molecule has 0 saturated heterocycles. The quantitative estimate of drug-likeness (QED) is 0.256. The predicted octanol–water partition coefficient (Wildman–Crippen LogP) is 6.44. The molecule has 2 aromatic heterocycles. The van der Waals surface area contributed by atoms with Crippen molar-refractivity contribution in [2.45, 2.75) is 17.6 Å². The van der Waals surface area contributed by atoms with E-state index in [2.05, 4.69) is 15.6 Å². The van der Waals surface area contributed by atoms with Gasteiger partial charge in [0.15, 0.2) is 0 Å². The van der Waals surface area contributed by atoms with Gasteiger partial charge in [0.2, 0.25) is 0 Å². The van der Waals surface area contributed by atoms with Crippen LogP contribution in [0.4, 0.5) is 11.4 Å². The fourth-order valence-electron chi connectivity index (χ4n) is 3.85. The SMILES string of the molecule is Cc1c(NC(=O)c2ccc(SCc3cn4ccccc4n3)cc2)cccc1C(=O)Nc1ccccc1. The number of para-hydroxylation sites is 1. The normalized spacial score (nSPS) is 10.8. The van der Waals surface area contributed by atoms with Crippen molar-refractivity contribution in [1.82, 2.24) is 9.38 Å². The van der Waals surface area contributed by atoms with Crippen LogP contribution in [-0.2, 0) is 5.75 Å². The first-order valence-electron chi connectivity index (χ1n) is 11.5. The number of fused-ring (bicyclic) bond motifs is 1. The van der Waals surface area contributed by atoms with Crippen molar-refractivity contribution in [3.63, 3.8) is 0 Å². The van der Waals surface area contributed by atoms with Crippen molar-refractivity contribution in [3.8, 4) is 0 Å². The first-order valence-corrected chi connectivity index (χ1v) is 12.5. The second-order valence-corrected chi connectivity index (χ2v) is 9.31. The van der Waals surface area contributed by atoms with Crippen LogP contribution in [0.2, 0.25) is 0 Å². The van der Waals surface area contributed by atoms with Crippen molar-refractivity contribution >= 4 is 40.6 Å². The van der Waals surface area contributed by atoms with E-state index in [0.717, 1.165) is 27.7 Å². The lowest BCUT2D eigenvalue weighted by Gasteiger charge is -2.13. The Labute approximate surface area is 213 Å². The minimum absolute atomic E-state index is 0.221. The molecule has 0 saturated carbocycles. The summed E-state index contributed by atoms with van der Waals surface area (Å²) < 4.78 is 2.01. The van der Waals surface area contributed by atoms with E-state index in [1.54, 1.807) is 30.0 Å². The number of aromatic nitrogens is 2. The van der Waals surface area contributed by atoms with E-state index < -0.39 is 0 Å². The van der Waals surface area contributed by atoms with Gasteiger partial charge in [-0.15, -0.1) is 11.8 Å². The fourth-order valence-corrected chi connectivity index (χ4v) is 4.63. The average Bonchev–Trinajstić information content (AvgIpc) is 3.32. The zero-order valence-electron chi connectivity index (χ0n) is 19.6. The predicted molar refractivity (Wildman–Crippen MR) is 145 cm³/mol. The first kappa shape index (κ1) is 23.4. The number of thioether (sulfide) groups is 1. The highest BCUT2D eigenvalue weighted by atomic mass is 32.2. The molecule has 2 N–H and O–H groups in total. The average molecular weight is 493 g/mol. The van der Waals surface area contributed by atoms with E-state index in [0.29, 0.717) is 22.4 Å². The van der Waals surface area contributed by atoms with Crippen LogP contribution in [-0.4, -0.2) is 21.2 Å². The van der Waals surface area contributed by atoms with E-state index in [-0.39, 0.29) is 11.8 Å². The van der Waals surface area contributed by atoms with Gasteiger partial charge in [0, 0.05) is 45.5 Å². The summed E-state index contributed by atoms with van der Waals surface area (Å²) >= 11 is 1.67. The molecule has 5 rings (SSSR count). The highest BCUT2D eigenvalue weighted by Crippen LogP contribution is 2.24. The molecule has 36 heavy (non-hydrogen) atoms. The fraction of sp³-hybridized carbons (Fsp3) is 0.0690. The highest BCUT2D eigenvalue weighted by Gasteiger charge is 2.14. The van der Waals surface area contributed by atoms with Gasteiger partial charge in [0.25, 0.3) is 11.8 Å². The number of imidazole rings is 1. The molecule has 2 amide bonds. The second kappa shape index (κ2) is 10.5. The molecule has 0 aliphatic rings. The van der Waals surface area contributed by atoms with E-state index in [1.807, 2.05) is 96.5 Å². The summed E-state index contributed by atoms with van der Waals surface area (Å²) in [5.74, 6) is 0.293. The molecule has 0 spiro atoms. The Balaban J connectivity index is 1.22. The standard InChI is InChI=1S/C29H24N4O2S/c1-20-25(29(35)31-22-8-3-2-4-9-22)10-7-11-26(20)32-28(34)21-13-15-24(16-14-21)36-19-23-18-33-17-6-5-12-27(33)30-23/h2-18H,19H2,1H3,(H,31,35)(H,32,34). The van der Waals surface area contributed by atoms with Crippen LogP contribution in [0.15, 0.2) is 108 Å². The van der Waals surface area contributed by atoms with Gasteiger partial charge >= 0.3 is 0 Å². The Bertz CT molecular complexity index is 1500. The number of anilines is 2. The Morgan fingerprint density at radius 1 is 0.833 bits per heavy atom. The third-order valence-electron chi connectivity index (χ3n) is 5.78. The van der Waals surface area contributed by atoms with Crippen LogP contribution in [0.3, 0.4) is 0 Å². The summed E-state index contributed by atoms with van der Waals surface area (Å²) in [6.45, 7) is 1.83. The lowest BCUT2D eigenvalue weighted by molar-refractivity contribution is 0.101. The maximum atomic E-state index is 12.9. The molecular weight excluding hydrogens is 468 g/mol. The molecular formula is C29H24N4O2S. The van der Waals surface area contributed by atoms with Crippen LogP contribution in [0.25, 0.3) is 5.65 Å². The van der Waals surface area contributed by atoms with Crippen molar-refractivity contribution in [1.29, 1.82) is 0 Å². The Hall–Kier alpha value is -4.36. The lowest BCUT2D eigenvalue weighted by Crippen LogP contribution is -2.17. The number of nitrogens with one attached hydrogen (secondary N) is 2. The van der Waals surface area contributed by atoms with Crippen LogP contribution < -0.4 is 10.6 Å². The maximum absolute atomic E-state index is 12.9. The van der Waals surface area contributed by atoms with Crippen LogP contribution in [0.1, 0.15) is 32.0 Å². The summed E-state index contributed by atoms with van der Waals surface area (Å²) in [4.78, 5) is 31.3. The van der Waals surface area contributed by atoms with Gasteiger partial charge in [-0.1, -0.05) is 30.3 Å². The number of hydrogen-bond acceptors (Lipinski definition) is 4. The number of benzene rings is 3. The van der Waals surface area contributed by atoms with Gasteiger partial charge in [0.05, 0.1) is 5.69 Å². The Morgan fingerprint density at radius 3 is 2.39 bits per heavy atom. The molecule has 0 aliphatic carbocycles. The molecule has 0 fully saturated rings. The second-order valence-electron chi connectivity index (χ2n) is 8.26. The van der Waals surface area contributed by atoms with Crippen molar-refractivity contribution in [2.75, 3.05) is 10.6 Å². The number of pyridine rings is 1. The van der Waals surface area contributed by atoms with Gasteiger partial charge < -0.3 is 15.0 Å². The topological polar surface area (TPSA) is 75.5 Å². The molecule has 178 valence electrons. The van der Waals surface area contributed by atoms with Gasteiger partial charge in [-0.2, -0.15) is 0 Å². The van der Waals surface area contributed by atoms with Crippen LogP contribution >= 0.6 is 11.8 Å². The number of hydrogen-bond donors (Lipinski definition) is 2. The molecule has 0 atom stereocenters. The van der Waals surface area contributed by atoms with E-state index in [1.165, 1.54) is 0 Å². The lowest BCUT2D eigenvalue weighted by atomic mass is 10.1. The summed E-state index contributed by atoms with van der Waals surface area (Å²) in [5, 5.41) is 5.83. The molecule has 5 aromatic rings.